The third-order valence-electron chi connectivity index (χ3n) is 4.45. The molecule has 0 spiro atoms. The van der Waals surface area contributed by atoms with Gasteiger partial charge in [-0.3, -0.25) is 9.48 Å². The van der Waals surface area contributed by atoms with Gasteiger partial charge in [0.1, 0.15) is 23.9 Å². The highest BCUT2D eigenvalue weighted by molar-refractivity contribution is 6.30. The molecule has 4 rings (SSSR count). The number of amides is 1. The van der Waals surface area contributed by atoms with Crippen molar-refractivity contribution in [2.45, 2.75) is 13.2 Å². The van der Waals surface area contributed by atoms with Crippen molar-refractivity contribution in [3.8, 4) is 11.5 Å². The Hall–Kier alpha value is -3.71. The quantitative estimate of drug-likeness (QED) is 0.419. The van der Waals surface area contributed by atoms with Crippen LogP contribution >= 0.6 is 11.6 Å². The first-order valence-corrected chi connectivity index (χ1v) is 9.90. The monoisotopic (exact) mass is 437 g/mol. The molecule has 2 aromatic heterocycles. The van der Waals surface area contributed by atoms with Crippen molar-refractivity contribution in [2.24, 2.45) is 0 Å². The second-order valence-electron chi connectivity index (χ2n) is 6.74. The molecule has 0 aliphatic heterocycles. The number of furan rings is 1. The third-order valence-corrected chi connectivity index (χ3v) is 4.70. The van der Waals surface area contributed by atoms with E-state index >= 15 is 0 Å². The van der Waals surface area contributed by atoms with E-state index in [1.807, 2.05) is 24.3 Å². The first-order chi connectivity index (χ1) is 15.1. The molecule has 0 unspecified atom stereocenters. The molecule has 0 atom stereocenters. The van der Waals surface area contributed by atoms with Crippen molar-refractivity contribution < 1.29 is 18.7 Å². The van der Waals surface area contributed by atoms with Crippen LogP contribution in [0.4, 0.5) is 5.69 Å². The van der Waals surface area contributed by atoms with Crippen LogP contribution in [0.1, 0.15) is 21.9 Å². The zero-order valence-corrected chi connectivity index (χ0v) is 17.5. The summed E-state index contributed by atoms with van der Waals surface area (Å²) in [4.78, 5) is 12.5. The van der Waals surface area contributed by atoms with Crippen LogP contribution in [-0.2, 0) is 13.2 Å². The minimum atomic E-state index is -0.362. The van der Waals surface area contributed by atoms with Gasteiger partial charge in [-0.15, -0.1) is 0 Å². The highest BCUT2D eigenvalue weighted by atomic mass is 35.5. The molecule has 1 N–H and O–H groups in total. The van der Waals surface area contributed by atoms with Gasteiger partial charge in [-0.05, 0) is 54.1 Å². The third kappa shape index (κ3) is 5.46. The molecule has 158 valence electrons. The van der Waals surface area contributed by atoms with Crippen molar-refractivity contribution in [3.63, 3.8) is 0 Å². The Morgan fingerprint density at radius 3 is 2.77 bits per heavy atom. The molecule has 4 aromatic rings. The number of nitrogens with zero attached hydrogens (tertiary/aromatic N) is 2. The standard InChI is InChI=1S/C23H20ClN3O4/c1-29-20-4-2-3-16(11-20)13-27-14-18(12-25-27)26-23(28)22-10-9-21(31-22)15-30-19-7-5-17(24)6-8-19/h2-12,14H,13,15H2,1H3,(H,26,28). The Bertz CT molecular complexity index is 1170. The van der Waals surface area contributed by atoms with Gasteiger partial charge >= 0.3 is 0 Å². The molecule has 0 saturated carbocycles. The highest BCUT2D eigenvalue weighted by Crippen LogP contribution is 2.19. The summed E-state index contributed by atoms with van der Waals surface area (Å²) in [7, 11) is 1.63. The Morgan fingerprint density at radius 1 is 1.13 bits per heavy atom. The fourth-order valence-corrected chi connectivity index (χ4v) is 3.05. The number of anilines is 1. The molecule has 1 amide bonds. The van der Waals surface area contributed by atoms with Crippen LogP contribution < -0.4 is 14.8 Å². The van der Waals surface area contributed by atoms with Gasteiger partial charge in [0.2, 0.25) is 0 Å². The number of hydrogen-bond acceptors (Lipinski definition) is 5. The van der Waals surface area contributed by atoms with Crippen molar-refractivity contribution in [1.29, 1.82) is 0 Å². The highest BCUT2D eigenvalue weighted by Gasteiger charge is 2.13. The zero-order valence-electron chi connectivity index (χ0n) is 16.7. The Morgan fingerprint density at radius 2 is 1.97 bits per heavy atom. The molecule has 7 nitrogen and oxygen atoms in total. The van der Waals surface area contributed by atoms with E-state index in [0.29, 0.717) is 28.8 Å². The fourth-order valence-electron chi connectivity index (χ4n) is 2.93. The number of benzene rings is 2. The van der Waals surface area contributed by atoms with E-state index in [0.717, 1.165) is 11.3 Å². The summed E-state index contributed by atoms with van der Waals surface area (Å²) in [5.74, 6) is 1.81. The van der Waals surface area contributed by atoms with Gasteiger partial charge in [0, 0.05) is 11.2 Å². The predicted octanol–water partition coefficient (Wildman–Crippen LogP) is 5.02. The molecule has 2 heterocycles. The molecule has 31 heavy (non-hydrogen) atoms. The van der Waals surface area contributed by atoms with Crippen LogP contribution in [0.25, 0.3) is 0 Å². The SMILES string of the molecule is COc1cccc(Cn2cc(NC(=O)c3ccc(COc4ccc(Cl)cc4)o3)cn2)c1. The fraction of sp³-hybridized carbons (Fsp3) is 0.130. The van der Waals surface area contributed by atoms with Crippen molar-refractivity contribution in [1.82, 2.24) is 9.78 Å². The number of aromatic nitrogens is 2. The van der Waals surface area contributed by atoms with E-state index in [4.69, 9.17) is 25.5 Å². The molecule has 0 aliphatic rings. The summed E-state index contributed by atoms with van der Waals surface area (Å²) in [5, 5.41) is 7.71. The van der Waals surface area contributed by atoms with Gasteiger partial charge in [-0.25, -0.2) is 0 Å². The number of carbonyl (C=O) groups excluding carboxylic acids is 1. The van der Waals surface area contributed by atoms with Crippen LogP contribution in [0, 0.1) is 0 Å². The van der Waals surface area contributed by atoms with Gasteiger partial charge in [-0.1, -0.05) is 23.7 Å². The lowest BCUT2D eigenvalue weighted by Gasteiger charge is -2.05. The van der Waals surface area contributed by atoms with E-state index in [-0.39, 0.29) is 18.3 Å². The molecule has 8 heteroatoms. The summed E-state index contributed by atoms with van der Waals surface area (Å²) in [6.07, 6.45) is 3.34. The number of rotatable bonds is 8. The minimum absolute atomic E-state index is 0.190. The van der Waals surface area contributed by atoms with E-state index in [2.05, 4.69) is 10.4 Å². The predicted molar refractivity (Wildman–Crippen MR) is 117 cm³/mol. The second kappa shape index (κ2) is 9.40. The van der Waals surface area contributed by atoms with Crippen molar-refractivity contribution in [2.75, 3.05) is 12.4 Å². The molecular formula is C23H20ClN3O4. The van der Waals surface area contributed by atoms with Crippen LogP contribution in [0.15, 0.2) is 77.5 Å². The summed E-state index contributed by atoms with van der Waals surface area (Å²) >= 11 is 5.86. The van der Waals surface area contributed by atoms with E-state index in [1.165, 1.54) is 0 Å². The summed E-state index contributed by atoms with van der Waals surface area (Å²) < 4.78 is 18.2. The van der Waals surface area contributed by atoms with Crippen molar-refractivity contribution >= 4 is 23.2 Å². The molecule has 0 aliphatic carbocycles. The molecule has 0 radical (unpaired) electrons. The number of carbonyl (C=O) groups is 1. The number of methoxy groups -OCH3 is 1. The number of ether oxygens (including phenoxy) is 2. The Labute approximate surface area is 184 Å². The number of halogens is 1. The number of hydrogen-bond donors (Lipinski definition) is 1. The first-order valence-electron chi connectivity index (χ1n) is 9.53. The molecular weight excluding hydrogens is 418 g/mol. The second-order valence-corrected chi connectivity index (χ2v) is 7.18. The molecule has 0 bridgehead atoms. The maximum absolute atomic E-state index is 12.5. The maximum Gasteiger partial charge on any atom is 0.291 e. The lowest BCUT2D eigenvalue weighted by molar-refractivity contribution is 0.0992. The van der Waals surface area contributed by atoms with Crippen molar-refractivity contribution in [3.05, 3.63) is 95.2 Å². The summed E-state index contributed by atoms with van der Waals surface area (Å²) in [6.45, 7) is 0.757. The van der Waals surface area contributed by atoms with Crippen LogP contribution in [0.3, 0.4) is 0 Å². The molecule has 2 aromatic carbocycles. The van der Waals surface area contributed by atoms with Crippen LogP contribution in [-0.4, -0.2) is 22.8 Å². The molecule has 0 fully saturated rings. The average Bonchev–Trinajstić information content (AvgIpc) is 3.43. The largest absolute Gasteiger partial charge is 0.497 e. The van der Waals surface area contributed by atoms with E-state index in [1.54, 1.807) is 60.6 Å². The topological polar surface area (TPSA) is 78.5 Å². The number of nitrogens with one attached hydrogen (secondary N) is 1. The Kier molecular flexibility index (Phi) is 6.24. The lowest BCUT2D eigenvalue weighted by atomic mass is 10.2. The van der Waals surface area contributed by atoms with E-state index < -0.39 is 0 Å². The lowest BCUT2D eigenvalue weighted by Crippen LogP contribution is -2.10. The minimum Gasteiger partial charge on any atom is -0.497 e. The van der Waals surface area contributed by atoms with Gasteiger partial charge < -0.3 is 19.2 Å². The van der Waals surface area contributed by atoms with Crippen LogP contribution in [0.2, 0.25) is 5.02 Å². The first kappa shape index (κ1) is 20.6. The normalized spacial score (nSPS) is 10.6. The van der Waals surface area contributed by atoms with Crippen LogP contribution in [0.5, 0.6) is 11.5 Å². The summed E-state index contributed by atoms with van der Waals surface area (Å²) in [6, 6.07) is 18.1. The Balaban J connectivity index is 1.33. The summed E-state index contributed by atoms with van der Waals surface area (Å²) in [5.41, 5.74) is 1.61. The smallest absolute Gasteiger partial charge is 0.291 e. The van der Waals surface area contributed by atoms with E-state index in [9.17, 15) is 4.79 Å². The van der Waals surface area contributed by atoms with Gasteiger partial charge in [0.05, 0.1) is 25.5 Å². The average molecular weight is 438 g/mol. The molecule has 0 saturated heterocycles. The zero-order chi connectivity index (χ0) is 21.6. The maximum atomic E-state index is 12.5. The van der Waals surface area contributed by atoms with Gasteiger partial charge in [0.25, 0.3) is 5.91 Å². The van der Waals surface area contributed by atoms with Gasteiger partial charge in [-0.2, -0.15) is 5.10 Å². The van der Waals surface area contributed by atoms with Gasteiger partial charge in [0.15, 0.2) is 5.76 Å².